The van der Waals surface area contributed by atoms with Gasteiger partial charge < -0.3 is 10.1 Å². The van der Waals surface area contributed by atoms with Crippen molar-refractivity contribution >= 4 is 23.5 Å². The van der Waals surface area contributed by atoms with E-state index in [1.54, 1.807) is 7.11 Å². The number of ether oxygens (including phenoxy) is 1. The number of thioether (sulfide) groups is 2. The van der Waals surface area contributed by atoms with E-state index >= 15 is 0 Å². The molecular weight excluding hydrogens is 264 g/mol. The van der Waals surface area contributed by atoms with Crippen LogP contribution in [-0.2, 0) is 4.74 Å². The zero-order valence-corrected chi connectivity index (χ0v) is 12.3. The molecular formula is C13H20N2OS2. The lowest BCUT2D eigenvalue weighted by Gasteiger charge is -2.23. The molecule has 1 aliphatic rings. The van der Waals surface area contributed by atoms with Gasteiger partial charge in [0.1, 0.15) is 0 Å². The van der Waals surface area contributed by atoms with Gasteiger partial charge in [-0.1, -0.05) is 6.07 Å². The SMILES string of the molecule is COC[C@H](NC1CSCCSC1)c1ccccn1. The molecule has 0 aromatic carbocycles. The van der Waals surface area contributed by atoms with Crippen molar-refractivity contribution in [1.82, 2.24) is 10.3 Å². The summed E-state index contributed by atoms with van der Waals surface area (Å²) >= 11 is 4.07. The van der Waals surface area contributed by atoms with Crippen LogP contribution in [0.1, 0.15) is 11.7 Å². The van der Waals surface area contributed by atoms with E-state index in [-0.39, 0.29) is 6.04 Å². The van der Waals surface area contributed by atoms with E-state index in [2.05, 4.69) is 16.4 Å². The Morgan fingerprint density at radius 3 is 2.78 bits per heavy atom. The molecule has 0 bridgehead atoms. The summed E-state index contributed by atoms with van der Waals surface area (Å²) in [6, 6.07) is 6.78. The molecule has 0 spiro atoms. The average molecular weight is 284 g/mol. The maximum atomic E-state index is 5.32. The fraction of sp³-hybridized carbons (Fsp3) is 0.615. The number of aromatic nitrogens is 1. The summed E-state index contributed by atoms with van der Waals surface area (Å²) in [5.74, 6) is 4.89. The third-order valence-corrected chi connectivity index (χ3v) is 5.35. The molecule has 100 valence electrons. The summed E-state index contributed by atoms with van der Waals surface area (Å²) < 4.78 is 5.32. The third kappa shape index (κ3) is 4.46. The van der Waals surface area contributed by atoms with Crippen LogP contribution in [0.5, 0.6) is 0 Å². The summed E-state index contributed by atoms with van der Waals surface area (Å²) in [6.07, 6.45) is 1.84. The molecule has 1 aliphatic heterocycles. The number of hydrogen-bond acceptors (Lipinski definition) is 5. The molecule has 1 atom stereocenters. The molecule has 1 fully saturated rings. The Labute approximate surface area is 117 Å². The third-order valence-electron chi connectivity index (χ3n) is 2.83. The minimum absolute atomic E-state index is 0.195. The van der Waals surface area contributed by atoms with Gasteiger partial charge in [0, 0.05) is 42.4 Å². The lowest BCUT2D eigenvalue weighted by molar-refractivity contribution is 0.162. The molecule has 0 amide bonds. The van der Waals surface area contributed by atoms with E-state index in [1.807, 2.05) is 41.9 Å². The molecule has 5 heteroatoms. The predicted octanol–water partition coefficient (Wildman–Crippen LogP) is 2.21. The van der Waals surface area contributed by atoms with E-state index in [0.717, 1.165) is 5.69 Å². The number of methoxy groups -OCH3 is 1. The molecule has 0 saturated carbocycles. The highest BCUT2D eigenvalue weighted by Gasteiger charge is 2.19. The van der Waals surface area contributed by atoms with Gasteiger partial charge in [0.2, 0.25) is 0 Å². The second-order valence-electron chi connectivity index (χ2n) is 4.28. The van der Waals surface area contributed by atoms with Gasteiger partial charge in [-0.05, 0) is 12.1 Å². The van der Waals surface area contributed by atoms with Gasteiger partial charge in [0.15, 0.2) is 0 Å². The first-order chi connectivity index (χ1) is 8.90. The normalized spacial score (nSPS) is 19.4. The van der Waals surface area contributed by atoms with Gasteiger partial charge in [0.25, 0.3) is 0 Å². The van der Waals surface area contributed by atoms with Crippen LogP contribution in [0.15, 0.2) is 24.4 Å². The van der Waals surface area contributed by atoms with Gasteiger partial charge in [-0.2, -0.15) is 23.5 Å². The average Bonchev–Trinajstić information content (AvgIpc) is 2.68. The van der Waals surface area contributed by atoms with Crippen molar-refractivity contribution in [2.24, 2.45) is 0 Å². The highest BCUT2D eigenvalue weighted by atomic mass is 32.2. The van der Waals surface area contributed by atoms with Gasteiger partial charge in [0.05, 0.1) is 18.3 Å². The monoisotopic (exact) mass is 284 g/mol. The first-order valence-corrected chi connectivity index (χ1v) is 8.52. The smallest absolute Gasteiger partial charge is 0.0735 e. The molecule has 18 heavy (non-hydrogen) atoms. The van der Waals surface area contributed by atoms with E-state index in [1.165, 1.54) is 23.0 Å². The lowest BCUT2D eigenvalue weighted by Crippen LogP contribution is -2.38. The second-order valence-corrected chi connectivity index (χ2v) is 6.58. The van der Waals surface area contributed by atoms with Crippen molar-refractivity contribution in [3.63, 3.8) is 0 Å². The molecule has 1 saturated heterocycles. The Morgan fingerprint density at radius 1 is 1.39 bits per heavy atom. The molecule has 1 N–H and O–H groups in total. The fourth-order valence-corrected chi connectivity index (χ4v) is 4.39. The fourth-order valence-electron chi connectivity index (χ4n) is 1.97. The maximum Gasteiger partial charge on any atom is 0.0735 e. The molecule has 0 radical (unpaired) electrons. The largest absolute Gasteiger partial charge is 0.383 e. The summed E-state index contributed by atoms with van der Waals surface area (Å²) in [5.41, 5.74) is 1.07. The molecule has 2 heterocycles. The highest BCUT2D eigenvalue weighted by Crippen LogP contribution is 2.19. The zero-order chi connectivity index (χ0) is 12.6. The summed E-state index contributed by atoms with van der Waals surface area (Å²) in [4.78, 5) is 4.43. The van der Waals surface area contributed by atoms with E-state index in [4.69, 9.17) is 4.74 Å². The number of pyridine rings is 1. The summed E-state index contributed by atoms with van der Waals surface area (Å²) in [5, 5.41) is 3.68. The van der Waals surface area contributed by atoms with E-state index in [9.17, 15) is 0 Å². The Bertz CT molecular complexity index is 329. The van der Waals surface area contributed by atoms with Crippen LogP contribution in [0, 0.1) is 0 Å². The van der Waals surface area contributed by atoms with Crippen LogP contribution in [-0.4, -0.2) is 47.8 Å². The maximum absolute atomic E-state index is 5.32. The molecule has 1 aromatic rings. The first-order valence-electron chi connectivity index (χ1n) is 6.21. The van der Waals surface area contributed by atoms with Crippen LogP contribution in [0.25, 0.3) is 0 Å². The van der Waals surface area contributed by atoms with Crippen LogP contribution < -0.4 is 5.32 Å². The van der Waals surface area contributed by atoms with E-state index < -0.39 is 0 Å². The molecule has 0 aliphatic carbocycles. The molecule has 0 unspecified atom stereocenters. The lowest BCUT2D eigenvalue weighted by atomic mass is 10.2. The topological polar surface area (TPSA) is 34.1 Å². The number of rotatable bonds is 5. The quantitative estimate of drug-likeness (QED) is 0.896. The van der Waals surface area contributed by atoms with E-state index in [0.29, 0.717) is 12.6 Å². The Hall–Kier alpha value is -0.230. The zero-order valence-electron chi connectivity index (χ0n) is 10.7. The van der Waals surface area contributed by atoms with Crippen LogP contribution in [0.2, 0.25) is 0 Å². The highest BCUT2D eigenvalue weighted by molar-refractivity contribution is 8.03. The molecule has 2 rings (SSSR count). The second kappa shape index (κ2) is 8.04. The first kappa shape index (κ1) is 14.2. The van der Waals surface area contributed by atoms with Crippen molar-refractivity contribution in [3.05, 3.63) is 30.1 Å². The number of nitrogens with one attached hydrogen (secondary N) is 1. The number of hydrogen-bond donors (Lipinski definition) is 1. The Morgan fingerprint density at radius 2 is 2.17 bits per heavy atom. The molecule has 1 aromatic heterocycles. The van der Waals surface area contributed by atoms with Crippen molar-refractivity contribution in [3.8, 4) is 0 Å². The van der Waals surface area contributed by atoms with Crippen LogP contribution in [0.4, 0.5) is 0 Å². The standard InChI is InChI=1S/C13H20N2OS2/c1-16-8-13(12-4-2-3-5-14-12)15-11-9-17-6-7-18-10-11/h2-5,11,13,15H,6-10H2,1H3/t13-/m0/s1. The van der Waals surface area contributed by atoms with Crippen LogP contribution in [0.3, 0.4) is 0 Å². The Balaban J connectivity index is 1.97. The molecule has 3 nitrogen and oxygen atoms in total. The predicted molar refractivity (Wildman–Crippen MR) is 80.4 cm³/mol. The van der Waals surface area contributed by atoms with Gasteiger partial charge in [-0.3, -0.25) is 4.98 Å². The van der Waals surface area contributed by atoms with Crippen molar-refractivity contribution in [2.75, 3.05) is 36.7 Å². The number of nitrogens with zero attached hydrogens (tertiary/aromatic N) is 1. The summed E-state index contributed by atoms with van der Waals surface area (Å²) in [7, 11) is 1.74. The van der Waals surface area contributed by atoms with Gasteiger partial charge in [-0.25, -0.2) is 0 Å². The van der Waals surface area contributed by atoms with Gasteiger partial charge in [-0.15, -0.1) is 0 Å². The van der Waals surface area contributed by atoms with Gasteiger partial charge >= 0.3 is 0 Å². The summed E-state index contributed by atoms with van der Waals surface area (Å²) in [6.45, 7) is 0.669. The minimum Gasteiger partial charge on any atom is -0.383 e. The van der Waals surface area contributed by atoms with Crippen molar-refractivity contribution in [2.45, 2.75) is 12.1 Å². The van der Waals surface area contributed by atoms with Crippen molar-refractivity contribution < 1.29 is 4.74 Å². The van der Waals surface area contributed by atoms with Crippen LogP contribution >= 0.6 is 23.5 Å². The minimum atomic E-state index is 0.195. The Kier molecular flexibility index (Phi) is 6.34. The van der Waals surface area contributed by atoms with Crippen molar-refractivity contribution in [1.29, 1.82) is 0 Å².